The Kier molecular flexibility index (Phi) is 3.63. The molecule has 1 aliphatic rings. The number of imide groups is 1. The first-order valence-electron chi connectivity index (χ1n) is 7.36. The van der Waals surface area contributed by atoms with Gasteiger partial charge in [0, 0.05) is 11.1 Å². The van der Waals surface area contributed by atoms with E-state index in [-0.39, 0.29) is 30.4 Å². The topological polar surface area (TPSA) is 79.5 Å². The van der Waals surface area contributed by atoms with E-state index in [0.717, 1.165) is 4.90 Å². The van der Waals surface area contributed by atoms with Gasteiger partial charge >= 0.3 is 6.03 Å². The molecule has 3 amide bonds. The van der Waals surface area contributed by atoms with Gasteiger partial charge in [0.15, 0.2) is 5.82 Å². The normalized spacial score (nSPS) is 15.6. The van der Waals surface area contributed by atoms with Crippen LogP contribution in [0, 0.1) is 0 Å². The minimum Gasteiger partial charge on any atom is -0.339 e. The highest BCUT2D eigenvalue weighted by molar-refractivity contribution is 6.12. The quantitative estimate of drug-likeness (QED) is 0.812. The van der Waals surface area contributed by atoms with Gasteiger partial charge < -0.3 is 4.52 Å². The van der Waals surface area contributed by atoms with Crippen LogP contribution in [0.5, 0.6) is 0 Å². The second-order valence-electron chi connectivity index (χ2n) is 6.45. The third-order valence-electron chi connectivity index (χ3n) is 3.53. The number of anilines is 1. The van der Waals surface area contributed by atoms with Crippen LogP contribution >= 0.6 is 0 Å². The third-order valence-corrected chi connectivity index (χ3v) is 3.53. The van der Waals surface area contributed by atoms with Crippen LogP contribution in [0.15, 0.2) is 34.9 Å². The fourth-order valence-electron chi connectivity index (χ4n) is 2.27. The van der Waals surface area contributed by atoms with Gasteiger partial charge in [-0.25, -0.2) is 4.79 Å². The lowest BCUT2D eigenvalue weighted by atomic mass is 9.97. The van der Waals surface area contributed by atoms with Gasteiger partial charge in [-0.15, -0.1) is 0 Å². The molecule has 7 heteroatoms. The second-order valence-corrected chi connectivity index (χ2v) is 6.45. The largest absolute Gasteiger partial charge is 0.339 e. The SMILES string of the molecule is CC(C)(C)c1nc(CN2C(=O)CN(c3ccccc3)C2=O)no1. The number of nitrogens with zero attached hydrogens (tertiary/aromatic N) is 4. The van der Waals surface area contributed by atoms with E-state index in [9.17, 15) is 9.59 Å². The maximum atomic E-state index is 12.5. The van der Waals surface area contributed by atoms with Crippen molar-refractivity contribution in [3.63, 3.8) is 0 Å². The summed E-state index contributed by atoms with van der Waals surface area (Å²) < 4.78 is 5.20. The molecular weight excluding hydrogens is 296 g/mol. The molecule has 0 radical (unpaired) electrons. The molecule has 0 bridgehead atoms. The highest BCUT2D eigenvalue weighted by Gasteiger charge is 2.37. The molecule has 7 nitrogen and oxygen atoms in total. The Morgan fingerprint density at radius 1 is 1.17 bits per heavy atom. The number of amides is 3. The molecule has 0 N–H and O–H groups in total. The number of aromatic nitrogens is 2. The van der Waals surface area contributed by atoms with Crippen LogP contribution in [-0.4, -0.2) is 33.5 Å². The lowest BCUT2D eigenvalue weighted by molar-refractivity contribution is -0.125. The summed E-state index contributed by atoms with van der Waals surface area (Å²) in [4.78, 5) is 31.5. The molecule has 1 aliphatic heterocycles. The molecule has 0 saturated carbocycles. The first-order valence-corrected chi connectivity index (χ1v) is 7.36. The summed E-state index contributed by atoms with van der Waals surface area (Å²) in [5, 5.41) is 3.86. The molecule has 23 heavy (non-hydrogen) atoms. The lowest BCUT2D eigenvalue weighted by Crippen LogP contribution is -2.33. The van der Waals surface area contributed by atoms with Gasteiger partial charge in [0.1, 0.15) is 6.54 Å². The molecule has 1 aromatic heterocycles. The molecule has 0 spiro atoms. The van der Waals surface area contributed by atoms with Crippen LogP contribution in [0.3, 0.4) is 0 Å². The summed E-state index contributed by atoms with van der Waals surface area (Å²) in [6, 6.07) is 8.72. The maximum absolute atomic E-state index is 12.5. The second kappa shape index (κ2) is 5.49. The molecule has 0 unspecified atom stereocenters. The molecule has 120 valence electrons. The van der Waals surface area contributed by atoms with Gasteiger partial charge in [0.05, 0.1) is 6.54 Å². The van der Waals surface area contributed by atoms with Crippen LogP contribution in [0.4, 0.5) is 10.5 Å². The van der Waals surface area contributed by atoms with Gasteiger partial charge in [-0.3, -0.25) is 14.6 Å². The van der Waals surface area contributed by atoms with Crippen LogP contribution in [0.25, 0.3) is 0 Å². The van der Waals surface area contributed by atoms with E-state index in [0.29, 0.717) is 17.4 Å². The van der Waals surface area contributed by atoms with E-state index in [2.05, 4.69) is 10.1 Å². The van der Waals surface area contributed by atoms with Crippen molar-refractivity contribution in [2.24, 2.45) is 0 Å². The Bertz CT molecular complexity index is 733. The van der Waals surface area contributed by atoms with Crippen LogP contribution in [0.2, 0.25) is 0 Å². The third kappa shape index (κ3) is 2.94. The zero-order valence-corrected chi connectivity index (χ0v) is 13.3. The Balaban J connectivity index is 1.77. The molecule has 2 heterocycles. The summed E-state index contributed by atoms with van der Waals surface area (Å²) >= 11 is 0. The minimum atomic E-state index is -0.372. The minimum absolute atomic E-state index is 0.0145. The summed E-state index contributed by atoms with van der Waals surface area (Å²) in [5.41, 5.74) is 0.414. The van der Waals surface area contributed by atoms with E-state index < -0.39 is 0 Å². The Morgan fingerprint density at radius 2 is 1.87 bits per heavy atom. The summed E-state index contributed by atoms with van der Waals surface area (Å²) in [6.45, 7) is 5.89. The molecule has 0 aliphatic carbocycles. The number of urea groups is 1. The monoisotopic (exact) mass is 314 g/mol. The fourth-order valence-corrected chi connectivity index (χ4v) is 2.27. The van der Waals surface area contributed by atoms with Crippen molar-refractivity contribution in [2.75, 3.05) is 11.4 Å². The molecule has 1 saturated heterocycles. The highest BCUT2D eigenvalue weighted by atomic mass is 16.5. The van der Waals surface area contributed by atoms with Crippen molar-refractivity contribution in [1.29, 1.82) is 0 Å². The number of hydrogen-bond donors (Lipinski definition) is 0. The van der Waals surface area contributed by atoms with Crippen LogP contribution in [0.1, 0.15) is 32.5 Å². The summed E-state index contributed by atoms with van der Waals surface area (Å²) in [7, 11) is 0. The molecular formula is C16H18N4O3. The van der Waals surface area contributed by atoms with Crippen molar-refractivity contribution in [3.05, 3.63) is 42.0 Å². The van der Waals surface area contributed by atoms with Gasteiger partial charge in [0.2, 0.25) is 5.89 Å². The van der Waals surface area contributed by atoms with Crippen molar-refractivity contribution in [1.82, 2.24) is 15.0 Å². The number of carbonyl (C=O) groups excluding carboxylic acids is 2. The number of hydrogen-bond acceptors (Lipinski definition) is 5. The summed E-state index contributed by atoms with van der Waals surface area (Å²) in [6.07, 6.45) is 0. The standard InChI is InChI=1S/C16H18N4O3/c1-16(2,3)14-17-12(18-23-14)9-20-13(21)10-19(15(20)22)11-7-5-4-6-8-11/h4-8H,9-10H2,1-3H3. The first-order chi connectivity index (χ1) is 10.9. The maximum Gasteiger partial charge on any atom is 0.332 e. The zero-order chi connectivity index (χ0) is 16.6. The highest BCUT2D eigenvalue weighted by Crippen LogP contribution is 2.23. The first kappa shape index (κ1) is 15.2. The van der Waals surface area contributed by atoms with E-state index in [1.165, 1.54) is 4.90 Å². The van der Waals surface area contributed by atoms with Crippen molar-refractivity contribution >= 4 is 17.6 Å². The van der Waals surface area contributed by atoms with Crippen molar-refractivity contribution in [2.45, 2.75) is 32.7 Å². The van der Waals surface area contributed by atoms with Gasteiger partial charge in [-0.2, -0.15) is 4.98 Å². The molecule has 3 rings (SSSR count). The smallest absolute Gasteiger partial charge is 0.332 e. The predicted octanol–water partition coefficient (Wildman–Crippen LogP) is 2.34. The molecule has 2 aromatic rings. The Hall–Kier alpha value is -2.70. The van der Waals surface area contributed by atoms with Gasteiger partial charge in [-0.1, -0.05) is 44.1 Å². The number of para-hydroxylation sites is 1. The van der Waals surface area contributed by atoms with E-state index in [1.807, 2.05) is 39.0 Å². The lowest BCUT2D eigenvalue weighted by Gasteiger charge is -2.15. The summed E-state index contributed by atoms with van der Waals surface area (Å²) in [5.74, 6) is 0.527. The average molecular weight is 314 g/mol. The van der Waals surface area contributed by atoms with Gasteiger partial charge in [0.25, 0.3) is 5.91 Å². The Morgan fingerprint density at radius 3 is 2.48 bits per heavy atom. The average Bonchev–Trinajstić information content (AvgIpc) is 3.08. The van der Waals surface area contributed by atoms with E-state index >= 15 is 0 Å². The molecule has 1 aromatic carbocycles. The molecule has 1 fully saturated rings. The number of benzene rings is 1. The van der Waals surface area contributed by atoms with Crippen molar-refractivity contribution in [3.8, 4) is 0 Å². The zero-order valence-electron chi connectivity index (χ0n) is 13.3. The van der Waals surface area contributed by atoms with Crippen LogP contribution in [-0.2, 0) is 16.8 Å². The number of carbonyl (C=O) groups is 2. The van der Waals surface area contributed by atoms with E-state index in [1.54, 1.807) is 12.1 Å². The van der Waals surface area contributed by atoms with Crippen molar-refractivity contribution < 1.29 is 14.1 Å². The molecule has 0 atom stereocenters. The fraction of sp³-hybridized carbons (Fsp3) is 0.375. The van der Waals surface area contributed by atoms with E-state index in [4.69, 9.17) is 4.52 Å². The number of rotatable bonds is 3. The Labute approximate surface area is 133 Å². The van der Waals surface area contributed by atoms with Crippen LogP contribution < -0.4 is 4.90 Å². The van der Waals surface area contributed by atoms with Gasteiger partial charge in [-0.05, 0) is 12.1 Å². The predicted molar refractivity (Wildman–Crippen MR) is 82.7 cm³/mol.